The highest BCUT2D eigenvalue weighted by Gasteiger charge is 2.09. The molecule has 0 saturated carbocycles. The summed E-state index contributed by atoms with van der Waals surface area (Å²) in [5, 5.41) is 4.27. The van der Waals surface area contributed by atoms with Crippen LogP contribution in [0.15, 0.2) is 53.7 Å². The molecule has 0 aliphatic rings. The lowest BCUT2D eigenvalue weighted by Crippen LogP contribution is -2.29. The Hall–Kier alpha value is -2.94. The standard InChI is InChI=1S/C17H18N4O4S/c1-26(23,24)20-17(22)3-2-8-21-11-15(9-19-21)13-4-6-14(7-5-13)16-10-18-12-25-16/h4-7,9-12H,2-3,8H2,1H3,(H,20,22). The maximum absolute atomic E-state index is 11.5. The Labute approximate surface area is 150 Å². The third-order valence-corrected chi connectivity index (χ3v) is 4.26. The third kappa shape index (κ3) is 4.79. The zero-order valence-electron chi connectivity index (χ0n) is 14.1. The van der Waals surface area contributed by atoms with Crippen molar-refractivity contribution in [3.63, 3.8) is 0 Å². The highest BCUT2D eigenvalue weighted by Crippen LogP contribution is 2.24. The van der Waals surface area contributed by atoms with Crippen LogP contribution in [-0.4, -0.2) is 35.3 Å². The van der Waals surface area contributed by atoms with Crippen molar-refractivity contribution in [3.8, 4) is 22.5 Å². The van der Waals surface area contributed by atoms with Crippen LogP contribution in [0.2, 0.25) is 0 Å². The SMILES string of the molecule is CS(=O)(=O)NC(=O)CCCn1cc(-c2ccc(-c3cnco3)cc2)cn1. The molecule has 2 heterocycles. The van der Waals surface area contributed by atoms with Gasteiger partial charge in [0, 0.05) is 30.3 Å². The minimum Gasteiger partial charge on any atom is -0.444 e. The Bertz CT molecular complexity index is 976. The molecule has 0 saturated heterocycles. The van der Waals surface area contributed by atoms with Crippen LogP contribution in [0.1, 0.15) is 12.8 Å². The fraction of sp³-hybridized carbons (Fsp3) is 0.235. The molecule has 9 heteroatoms. The molecule has 1 aromatic carbocycles. The lowest BCUT2D eigenvalue weighted by Gasteiger charge is -2.03. The summed E-state index contributed by atoms with van der Waals surface area (Å²) in [6.45, 7) is 0.521. The molecule has 8 nitrogen and oxygen atoms in total. The van der Waals surface area contributed by atoms with E-state index in [1.165, 1.54) is 6.39 Å². The van der Waals surface area contributed by atoms with Crippen LogP contribution in [0.4, 0.5) is 0 Å². The van der Waals surface area contributed by atoms with Gasteiger partial charge in [-0.1, -0.05) is 24.3 Å². The van der Waals surface area contributed by atoms with Gasteiger partial charge in [0.1, 0.15) is 0 Å². The quantitative estimate of drug-likeness (QED) is 0.678. The number of benzene rings is 1. The topological polar surface area (TPSA) is 107 Å². The van der Waals surface area contributed by atoms with Gasteiger partial charge in [0.15, 0.2) is 12.2 Å². The monoisotopic (exact) mass is 374 g/mol. The Balaban J connectivity index is 1.57. The Morgan fingerprint density at radius 2 is 1.88 bits per heavy atom. The van der Waals surface area contributed by atoms with Crippen molar-refractivity contribution in [1.29, 1.82) is 0 Å². The largest absolute Gasteiger partial charge is 0.444 e. The molecule has 0 atom stereocenters. The number of carbonyl (C=O) groups excluding carboxylic acids is 1. The lowest BCUT2D eigenvalue weighted by atomic mass is 10.1. The molecular weight excluding hydrogens is 356 g/mol. The Morgan fingerprint density at radius 3 is 2.54 bits per heavy atom. The van der Waals surface area contributed by atoms with Crippen molar-refractivity contribution in [2.75, 3.05) is 6.26 Å². The molecule has 0 unspecified atom stereocenters. The third-order valence-electron chi connectivity index (χ3n) is 3.66. The molecule has 0 aliphatic carbocycles. The average Bonchev–Trinajstić information content (AvgIpc) is 3.25. The van der Waals surface area contributed by atoms with E-state index in [1.807, 2.05) is 35.2 Å². The second kappa shape index (κ2) is 7.52. The first kappa shape index (κ1) is 17.9. The summed E-state index contributed by atoms with van der Waals surface area (Å²) in [7, 11) is -3.50. The van der Waals surface area contributed by atoms with Gasteiger partial charge in [0.25, 0.3) is 0 Å². The summed E-state index contributed by atoms with van der Waals surface area (Å²) in [6.07, 6.45) is 8.26. The first-order valence-electron chi connectivity index (χ1n) is 7.93. The van der Waals surface area contributed by atoms with Crippen LogP contribution in [0.25, 0.3) is 22.5 Å². The number of rotatable bonds is 7. The van der Waals surface area contributed by atoms with E-state index in [-0.39, 0.29) is 6.42 Å². The molecule has 0 bridgehead atoms. The molecule has 1 amide bonds. The number of aromatic nitrogens is 3. The van der Waals surface area contributed by atoms with E-state index < -0.39 is 15.9 Å². The van der Waals surface area contributed by atoms with Gasteiger partial charge in [-0.3, -0.25) is 14.2 Å². The zero-order valence-corrected chi connectivity index (χ0v) is 14.9. The number of hydrogen-bond acceptors (Lipinski definition) is 6. The Kier molecular flexibility index (Phi) is 5.17. The molecule has 2 aromatic heterocycles. The smallest absolute Gasteiger partial charge is 0.233 e. The van der Waals surface area contributed by atoms with Gasteiger partial charge in [-0.2, -0.15) is 5.10 Å². The van der Waals surface area contributed by atoms with E-state index >= 15 is 0 Å². The van der Waals surface area contributed by atoms with Gasteiger partial charge in [-0.05, 0) is 12.0 Å². The molecule has 0 spiro atoms. The van der Waals surface area contributed by atoms with E-state index in [1.54, 1.807) is 17.1 Å². The van der Waals surface area contributed by atoms with Crippen LogP contribution in [0, 0.1) is 0 Å². The minimum atomic E-state index is -3.50. The highest BCUT2D eigenvalue weighted by atomic mass is 32.2. The first-order valence-corrected chi connectivity index (χ1v) is 9.82. The number of aryl methyl sites for hydroxylation is 1. The van der Waals surface area contributed by atoms with E-state index in [4.69, 9.17) is 4.42 Å². The van der Waals surface area contributed by atoms with Crippen LogP contribution in [0.5, 0.6) is 0 Å². The predicted octanol–water partition coefficient (Wildman–Crippen LogP) is 2.06. The van der Waals surface area contributed by atoms with Crippen molar-refractivity contribution in [3.05, 3.63) is 49.2 Å². The molecule has 3 rings (SSSR count). The van der Waals surface area contributed by atoms with Crippen LogP contribution < -0.4 is 4.72 Å². The molecule has 26 heavy (non-hydrogen) atoms. The second-order valence-electron chi connectivity index (χ2n) is 5.84. The first-order chi connectivity index (χ1) is 12.4. The van der Waals surface area contributed by atoms with E-state index in [2.05, 4.69) is 10.1 Å². The van der Waals surface area contributed by atoms with Crippen LogP contribution in [0.3, 0.4) is 0 Å². The van der Waals surface area contributed by atoms with Gasteiger partial charge in [0.05, 0.1) is 18.6 Å². The molecule has 1 N–H and O–H groups in total. The number of amides is 1. The Morgan fingerprint density at radius 1 is 1.15 bits per heavy atom. The van der Waals surface area contributed by atoms with E-state index in [0.717, 1.165) is 22.9 Å². The van der Waals surface area contributed by atoms with Gasteiger partial charge in [-0.15, -0.1) is 0 Å². The summed E-state index contributed by atoms with van der Waals surface area (Å²) in [5.41, 5.74) is 2.90. The van der Waals surface area contributed by atoms with Gasteiger partial charge in [-0.25, -0.2) is 13.4 Å². The summed E-state index contributed by atoms with van der Waals surface area (Å²) >= 11 is 0. The number of nitrogens with zero attached hydrogens (tertiary/aromatic N) is 3. The molecule has 0 aliphatic heterocycles. The van der Waals surface area contributed by atoms with Gasteiger partial charge in [0.2, 0.25) is 15.9 Å². The normalized spacial score (nSPS) is 11.4. The highest BCUT2D eigenvalue weighted by molar-refractivity contribution is 7.89. The zero-order chi connectivity index (χ0) is 18.6. The van der Waals surface area contributed by atoms with E-state index in [9.17, 15) is 13.2 Å². The fourth-order valence-electron chi connectivity index (χ4n) is 2.48. The summed E-state index contributed by atoms with van der Waals surface area (Å²) in [6, 6.07) is 7.84. The molecule has 0 radical (unpaired) electrons. The molecular formula is C17H18N4O4S. The molecule has 3 aromatic rings. The van der Waals surface area contributed by atoms with Gasteiger partial charge < -0.3 is 4.42 Å². The maximum atomic E-state index is 11.5. The van der Waals surface area contributed by atoms with Crippen LogP contribution >= 0.6 is 0 Å². The number of oxazole rings is 1. The lowest BCUT2D eigenvalue weighted by molar-refractivity contribution is -0.119. The summed E-state index contributed by atoms with van der Waals surface area (Å²) < 4.78 is 30.9. The fourth-order valence-corrected chi connectivity index (χ4v) is 3.00. The van der Waals surface area contributed by atoms with Crippen molar-refractivity contribution < 1.29 is 17.6 Å². The van der Waals surface area contributed by atoms with E-state index in [0.29, 0.717) is 18.7 Å². The summed E-state index contributed by atoms with van der Waals surface area (Å²) in [5.74, 6) is 0.197. The van der Waals surface area contributed by atoms with Gasteiger partial charge >= 0.3 is 0 Å². The van der Waals surface area contributed by atoms with Crippen LogP contribution in [-0.2, 0) is 21.4 Å². The number of nitrogens with one attached hydrogen (secondary N) is 1. The summed E-state index contributed by atoms with van der Waals surface area (Å²) in [4.78, 5) is 15.4. The second-order valence-corrected chi connectivity index (χ2v) is 7.58. The van der Waals surface area contributed by atoms with Crippen molar-refractivity contribution in [2.45, 2.75) is 19.4 Å². The number of carbonyl (C=O) groups is 1. The molecule has 136 valence electrons. The number of sulfonamides is 1. The van der Waals surface area contributed by atoms with Crippen molar-refractivity contribution in [1.82, 2.24) is 19.5 Å². The average molecular weight is 374 g/mol. The predicted molar refractivity (Wildman–Crippen MR) is 95.4 cm³/mol. The van der Waals surface area contributed by atoms with Crippen molar-refractivity contribution >= 4 is 15.9 Å². The molecule has 0 fully saturated rings. The number of hydrogen-bond donors (Lipinski definition) is 1. The van der Waals surface area contributed by atoms with Crippen molar-refractivity contribution in [2.24, 2.45) is 0 Å². The maximum Gasteiger partial charge on any atom is 0.233 e. The minimum absolute atomic E-state index is 0.119.